The maximum Gasteiger partial charge on any atom is 0.0836 e. The molecule has 132 valence electrons. The fourth-order valence-electron chi connectivity index (χ4n) is 5.28. The van der Waals surface area contributed by atoms with Gasteiger partial charge < -0.3 is 10.2 Å². The first-order valence-electron chi connectivity index (χ1n) is 9.03. The highest BCUT2D eigenvalue weighted by Crippen LogP contribution is 2.58. The van der Waals surface area contributed by atoms with E-state index in [4.69, 9.17) is 5.10 Å². The van der Waals surface area contributed by atoms with Gasteiger partial charge in [-0.15, -0.1) is 0 Å². The zero-order valence-electron chi connectivity index (χ0n) is 15.1. The molecule has 1 saturated carbocycles. The molecule has 1 aromatic heterocycles. The van der Waals surface area contributed by atoms with Gasteiger partial charge in [0.25, 0.3) is 0 Å². The van der Waals surface area contributed by atoms with Crippen molar-refractivity contribution >= 4 is 0 Å². The fraction of sp³-hybridized carbons (Fsp3) is 0.476. The largest absolute Gasteiger partial charge is 0.516 e. The van der Waals surface area contributed by atoms with Crippen LogP contribution >= 0.6 is 0 Å². The SMILES string of the molecule is CC1(C)C(O)/C(=C\O)C[C@]2(C)c3nn(-c4ccccc4)cc3CC[C@@H]12. The van der Waals surface area contributed by atoms with Crippen molar-refractivity contribution in [2.24, 2.45) is 11.3 Å². The topological polar surface area (TPSA) is 58.3 Å². The van der Waals surface area contributed by atoms with Gasteiger partial charge in [0.2, 0.25) is 0 Å². The van der Waals surface area contributed by atoms with Crippen LogP contribution in [0.15, 0.2) is 48.4 Å². The predicted molar refractivity (Wildman–Crippen MR) is 97.8 cm³/mol. The molecule has 4 nitrogen and oxygen atoms in total. The van der Waals surface area contributed by atoms with Crippen molar-refractivity contribution in [3.63, 3.8) is 0 Å². The minimum atomic E-state index is -0.603. The van der Waals surface area contributed by atoms with Crippen LogP contribution in [0.5, 0.6) is 0 Å². The Kier molecular flexibility index (Phi) is 3.58. The summed E-state index contributed by atoms with van der Waals surface area (Å²) in [6.45, 7) is 6.47. The number of hydrogen-bond acceptors (Lipinski definition) is 3. The second-order valence-electron chi connectivity index (χ2n) is 8.40. The molecule has 1 aromatic carbocycles. The molecule has 25 heavy (non-hydrogen) atoms. The third kappa shape index (κ3) is 2.27. The lowest BCUT2D eigenvalue weighted by Crippen LogP contribution is -2.55. The number of rotatable bonds is 1. The number of para-hydroxylation sites is 1. The maximum absolute atomic E-state index is 10.7. The van der Waals surface area contributed by atoms with Crippen molar-refractivity contribution in [1.82, 2.24) is 9.78 Å². The monoisotopic (exact) mass is 338 g/mol. The van der Waals surface area contributed by atoms with Crippen LogP contribution in [0.25, 0.3) is 5.69 Å². The van der Waals surface area contributed by atoms with E-state index in [1.807, 2.05) is 22.9 Å². The lowest BCUT2D eigenvalue weighted by molar-refractivity contribution is -0.0417. The molecule has 4 rings (SSSR count). The summed E-state index contributed by atoms with van der Waals surface area (Å²) in [6.07, 6.45) is 5.32. The Labute approximate surface area is 148 Å². The van der Waals surface area contributed by atoms with Crippen molar-refractivity contribution in [3.05, 3.63) is 59.6 Å². The molecule has 0 amide bonds. The highest BCUT2D eigenvalue weighted by Gasteiger charge is 2.56. The quantitative estimate of drug-likeness (QED) is 0.775. The first-order valence-corrected chi connectivity index (χ1v) is 9.03. The van der Waals surface area contributed by atoms with Gasteiger partial charge in [-0.2, -0.15) is 5.10 Å². The molecule has 1 heterocycles. The summed E-state index contributed by atoms with van der Waals surface area (Å²) in [7, 11) is 0. The molecule has 3 atom stereocenters. The Bertz CT molecular complexity index is 822. The van der Waals surface area contributed by atoms with Crippen molar-refractivity contribution in [1.29, 1.82) is 0 Å². The minimum Gasteiger partial charge on any atom is -0.516 e. The van der Waals surface area contributed by atoms with Crippen LogP contribution in [-0.2, 0) is 11.8 Å². The van der Waals surface area contributed by atoms with Crippen LogP contribution in [0.2, 0.25) is 0 Å². The van der Waals surface area contributed by atoms with Crippen molar-refractivity contribution in [2.45, 2.75) is 51.6 Å². The highest BCUT2D eigenvalue weighted by molar-refractivity contribution is 5.40. The van der Waals surface area contributed by atoms with E-state index in [1.165, 1.54) is 5.56 Å². The molecule has 0 saturated heterocycles. The lowest BCUT2D eigenvalue weighted by Gasteiger charge is -2.55. The van der Waals surface area contributed by atoms with Crippen LogP contribution in [0, 0.1) is 11.3 Å². The molecule has 2 aliphatic rings. The van der Waals surface area contributed by atoms with Crippen molar-refractivity contribution < 1.29 is 10.2 Å². The first kappa shape index (κ1) is 16.4. The van der Waals surface area contributed by atoms with Crippen LogP contribution in [-0.4, -0.2) is 26.1 Å². The summed E-state index contributed by atoms with van der Waals surface area (Å²) < 4.78 is 1.97. The molecule has 2 aromatic rings. The number of hydrogen-bond donors (Lipinski definition) is 2. The summed E-state index contributed by atoms with van der Waals surface area (Å²) in [5.41, 5.74) is 3.70. The van der Waals surface area contributed by atoms with Crippen molar-refractivity contribution in [3.8, 4) is 5.69 Å². The Hall–Kier alpha value is -2.07. The molecule has 1 unspecified atom stereocenters. The van der Waals surface area contributed by atoms with Gasteiger partial charge in [-0.1, -0.05) is 39.0 Å². The third-order valence-electron chi connectivity index (χ3n) is 6.51. The number of fused-ring (bicyclic) bond motifs is 3. The van der Waals surface area contributed by atoms with Crippen molar-refractivity contribution in [2.75, 3.05) is 0 Å². The average molecular weight is 338 g/mol. The molecular formula is C21H26N2O2. The lowest BCUT2D eigenvalue weighted by atomic mass is 9.50. The van der Waals surface area contributed by atoms with E-state index < -0.39 is 6.10 Å². The summed E-state index contributed by atoms with van der Waals surface area (Å²) in [5.74, 6) is 0.324. The zero-order chi connectivity index (χ0) is 17.8. The number of aromatic nitrogens is 2. The van der Waals surface area contributed by atoms with Gasteiger partial charge in [-0.05, 0) is 53.9 Å². The molecule has 2 N–H and O–H groups in total. The molecule has 0 spiro atoms. The van der Waals surface area contributed by atoms with Crippen LogP contribution in [0.4, 0.5) is 0 Å². The average Bonchev–Trinajstić information content (AvgIpc) is 3.05. The molecule has 4 heteroatoms. The molecule has 0 radical (unpaired) electrons. The van der Waals surface area contributed by atoms with Gasteiger partial charge in [0.1, 0.15) is 0 Å². The van der Waals surface area contributed by atoms with E-state index in [9.17, 15) is 10.2 Å². The molecular weight excluding hydrogens is 312 g/mol. The zero-order valence-corrected chi connectivity index (χ0v) is 15.1. The molecule has 0 bridgehead atoms. The third-order valence-corrected chi connectivity index (χ3v) is 6.51. The van der Waals surface area contributed by atoms with E-state index in [0.717, 1.165) is 30.5 Å². The number of aliphatic hydroxyl groups excluding tert-OH is 2. The normalized spacial score (nSPS) is 32.2. The Morgan fingerprint density at radius 1 is 1.20 bits per heavy atom. The summed E-state index contributed by atoms with van der Waals surface area (Å²) in [4.78, 5) is 0. The van der Waals surface area contributed by atoms with E-state index in [0.29, 0.717) is 17.9 Å². The molecule has 0 aliphatic heterocycles. The summed E-state index contributed by atoms with van der Waals surface area (Å²) >= 11 is 0. The predicted octanol–water partition coefficient (Wildman–Crippen LogP) is 3.93. The smallest absolute Gasteiger partial charge is 0.0836 e. The Morgan fingerprint density at radius 3 is 2.60 bits per heavy atom. The van der Waals surface area contributed by atoms with Crippen LogP contribution in [0.3, 0.4) is 0 Å². The number of benzene rings is 1. The summed E-state index contributed by atoms with van der Waals surface area (Å²) in [6, 6.07) is 10.2. The standard InChI is InChI=1S/C21H26N2O2/c1-20(2)17-10-9-14-12-23(16-7-5-4-6-8-16)22-18(14)21(17,3)11-15(13-24)19(20)25/h4-8,12-13,17,19,24-25H,9-11H2,1-3H3/b15-13-/t17-,19?,21-/m0/s1. The van der Waals surface area contributed by atoms with Gasteiger partial charge >= 0.3 is 0 Å². The second-order valence-corrected chi connectivity index (χ2v) is 8.40. The van der Waals surface area contributed by atoms with E-state index in [2.05, 4.69) is 39.1 Å². The minimum absolute atomic E-state index is 0.176. The first-order chi connectivity index (χ1) is 11.9. The number of nitrogens with zero attached hydrogens (tertiary/aromatic N) is 2. The van der Waals surface area contributed by atoms with Gasteiger partial charge in [0.15, 0.2) is 0 Å². The second kappa shape index (κ2) is 5.46. The van der Waals surface area contributed by atoms with E-state index in [1.54, 1.807) is 0 Å². The molecule has 1 fully saturated rings. The highest BCUT2D eigenvalue weighted by atomic mass is 16.3. The van der Waals surface area contributed by atoms with Gasteiger partial charge in [-0.25, -0.2) is 4.68 Å². The van der Waals surface area contributed by atoms with Crippen LogP contribution < -0.4 is 0 Å². The maximum atomic E-state index is 10.7. The fourth-order valence-corrected chi connectivity index (χ4v) is 5.28. The van der Waals surface area contributed by atoms with Gasteiger partial charge in [0.05, 0.1) is 23.7 Å². The van der Waals surface area contributed by atoms with Crippen LogP contribution in [0.1, 0.15) is 44.9 Å². The van der Waals surface area contributed by atoms with E-state index >= 15 is 0 Å². The van der Waals surface area contributed by atoms with Gasteiger partial charge in [0, 0.05) is 11.6 Å². The van der Waals surface area contributed by atoms with E-state index in [-0.39, 0.29) is 10.8 Å². The number of aliphatic hydroxyl groups is 2. The Balaban J connectivity index is 1.83. The Morgan fingerprint density at radius 2 is 1.92 bits per heavy atom. The molecule has 2 aliphatic carbocycles. The van der Waals surface area contributed by atoms with Gasteiger partial charge in [-0.3, -0.25) is 0 Å². The summed E-state index contributed by atoms with van der Waals surface area (Å²) in [5, 5.41) is 25.4. The number of aryl methyl sites for hydroxylation is 1.